The monoisotopic (exact) mass is 315 g/mol. The Kier molecular flexibility index (Phi) is 5.70. The number of esters is 1. The third-order valence-corrected chi connectivity index (χ3v) is 4.51. The number of likely N-dealkylation sites (tertiary alicyclic amines) is 1. The minimum Gasteiger partial charge on any atom is -0.469 e. The van der Waals surface area contributed by atoms with Crippen molar-refractivity contribution in [1.29, 1.82) is 0 Å². The van der Waals surface area contributed by atoms with E-state index < -0.39 is 0 Å². The van der Waals surface area contributed by atoms with E-state index in [0.717, 1.165) is 31.4 Å². The van der Waals surface area contributed by atoms with Gasteiger partial charge in [0, 0.05) is 28.2 Å². The average Bonchev–Trinajstić information content (AvgIpc) is 2.44. The number of carbonyl (C=O) groups is 1. The lowest BCUT2D eigenvalue weighted by Crippen LogP contribution is -2.40. The molecule has 1 saturated heterocycles. The van der Waals surface area contributed by atoms with Gasteiger partial charge in [0.15, 0.2) is 0 Å². The number of carbonyl (C=O) groups excluding carboxylic acids is 1. The molecule has 0 saturated carbocycles. The molecule has 0 spiro atoms. The van der Waals surface area contributed by atoms with Gasteiger partial charge in [-0.3, -0.25) is 9.69 Å². The highest BCUT2D eigenvalue weighted by Gasteiger charge is 2.26. The van der Waals surface area contributed by atoms with E-state index in [2.05, 4.69) is 4.90 Å². The number of benzene rings is 1. The van der Waals surface area contributed by atoms with Gasteiger partial charge in [-0.1, -0.05) is 35.7 Å². The lowest BCUT2D eigenvalue weighted by molar-refractivity contribution is -0.142. The van der Waals surface area contributed by atoms with Crippen LogP contribution in [-0.4, -0.2) is 30.6 Å². The zero-order valence-electron chi connectivity index (χ0n) is 11.6. The molecule has 1 aliphatic heterocycles. The standard InChI is InChI=1S/C15H19Cl2NO2/c1-20-15(19)9-11-5-2-3-8-18(11)10-12-13(16)6-4-7-14(12)17/h4,6-7,11H,2-3,5,8-10H2,1H3. The fourth-order valence-corrected chi connectivity index (χ4v) is 3.18. The molecule has 2 rings (SSSR count). The van der Waals surface area contributed by atoms with Crippen molar-refractivity contribution in [3.05, 3.63) is 33.8 Å². The number of hydrogen-bond acceptors (Lipinski definition) is 3. The quantitative estimate of drug-likeness (QED) is 0.789. The van der Waals surface area contributed by atoms with Gasteiger partial charge in [0.25, 0.3) is 0 Å². The predicted octanol–water partition coefficient (Wildman–Crippen LogP) is 3.91. The molecule has 0 aromatic heterocycles. The van der Waals surface area contributed by atoms with Crippen molar-refractivity contribution in [1.82, 2.24) is 4.90 Å². The van der Waals surface area contributed by atoms with E-state index in [1.807, 2.05) is 18.2 Å². The first-order chi connectivity index (χ1) is 9.61. The van der Waals surface area contributed by atoms with Crippen molar-refractivity contribution in [3.63, 3.8) is 0 Å². The lowest BCUT2D eigenvalue weighted by atomic mass is 9.98. The van der Waals surface area contributed by atoms with Crippen LogP contribution in [0.2, 0.25) is 10.0 Å². The number of piperidine rings is 1. The van der Waals surface area contributed by atoms with Crippen LogP contribution in [0.3, 0.4) is 0 Å². The number of ether oxygens (including phenoxy) is 1. The Balaban J connectivity index is 2.10. The zero-order valence-corrected chi connectivity index (χ0v) is 13.1. The van der Waals surface area contributed by atoms with Crippen LogP contribution < -0.4 is 0 Å². The van der Waals surface area contributed by atoms with Crippen LogP contribution in [0, 0.1) is 0 Å². The summed E-state index contributed by atoms with van der Waals surface area (Å²) < 4.78 is 4.78. The Bertz CT molecular complexity index is 459. The second-order valence-electron chi connectivity index (χ2n) is 5.10. The van der Waals surface area contributed by atoms with Gasteiger partial charge in [0.1, 0.15) is 0 Å². The molecular formula is C15H19Cl2NO2. The maximum atomic E-state index is 11.5. The minimum atomic E-state index is -0.160. The molecule has 3 nitrogen and oxygen atoms in total. The largest absolute Gasteiger partial charge is 0.469 e. The van der Waals surface area contributed by atoms with Crippen molar-refractivity contribution in [2.75, 3.05) is 13.7 Å². The van der Waals surface area contributed by atoms with Crippen molar-refractivity contribution in [2.24, 2.45) is 0 Å². The molecule has 5 heteroatoms. The summed E-state index contributed by atoms with van der Waals surface area (Å²) >= 11 is 12.5. The van der Waals surface area contributed by atoms with Gasteiger partial charge in [0.05, 0.1) is 13.5 Å². The van der Waals surface area contributed by atoms with Gasteiger partial charge in [-0.15, -0.1) is 0 Å². The van der Waals surface area contributed by atoms with Gasteiger partial charge < -0.3 is 4.74 Å². The number of rotatable bonds is 4. The first-order valence-electron chi connectivity index (χ1n) is 6.85. The SMILES string of the molecule is COC(=O)CC1CCCCN1Cc1c(Cl)cccc1Cl. The van der Waals surface area contributed by atoms with E-state index in [-0.39, 0.29) is 12.0 Å². The first kappa shape index (κ1) is 15.6. The Labute approximate surface area is 129 Å². The van der Waals surface area contributed by atoms with Crippen LogP contribution in [0.1, 0.15) is 31.2 Å². The Morgan fingerprint density at radius 3 is 2.70 bits per heavy atom. The van der Waals surface area contributed by atoms with Gasteiger partial charge in [-0.05, 0) is 31.5 Å². The van der Waals surface area contributed by atoms with Crippen LogP contribution in [0.15, 0.2) is 18.2 Å². The van der Waals surface area contributed by atoms with E-state index in [4.69, 9.17) is 27.9 Å². The number of methoxy groups -OCH3 is 1. The summed E-state index contributed by atoms with van der Waals surface area (Å²) in [5, 5.41) is 1.36. The maximum Gasteiger partial charge on any atom is 0.307 e. The second kappa shape index (κ2) is 7.30. The Hall–Kier alpha value is -0.770. The number of hydrogen-bond donors (Lipinski definition) is 0. The normalized spacial score (nSPS) is 19.9. The van der Waals surface area contributed by atoms with E-state index in [1.165, 1.54) is 7.11 Å². The molecule has 0 aliphatic carbocycles. The summed E-state index contributed by atoms with van der Waals surface area (Å²) in [6.45, 7) is 1.64. The van der Waals surface area contributed by atoms with Gasteiger partial charge >= 0.3 is 5.97 Å². The molecule has 1 aromatic rings. The average molecular weight is 316 g/mol. The molecule has 20 heavy (non-hydrogen) atoms. The third-order valence-electron chi connectivity index (χ3n) is 3.80. The van der Waals surface area contributed by atoms with Crippen molar-refractivity contribution in [2.45, 2.75) is 38.3 Å². The topological polar surface area (TPSA) is 29.5 Å². The van der Waals surface area contributed by atoms with E-state index in [1.54, 1.807) is 0 Å². The van der Waals surface area contributed by atoms with E-state index in [9.17, 15) is 4.79 Å². The van der Waals surface area contributed by atoms with Crippen LogP contribution in [0.5, 0.6) is 0 Å². The summed E-state index contributed by atoms with van der Waals surface area (Å²) in [7, 11) is 1.43. The minimum absolute atomic E-state index is 0.160. The highest BCUT2D eigenvalue weighted by atomic mass is 35.5. The summed E-state index contributed by atoms with van der Waals surface area (Å²) in [6.07, 6.45) is 3.73. The highest BCUT2D eigenvalue weighted by molar-refractivity contribution is 6.35. The molecule has 110 valence electrons. The molecule has 0 radical (unpaired) electrons. The Morgan fingerprint density at radius 2 is 2.05 bits per heavy atom. The summed E-state index contributed by atoms with van der Waals surface area (Å²) in [4.78, 5) is 13.8. The lowest BCUT2D eigenvalue weighted by Gasteiger charge is -2.35. The fraction of sp³-hybridized carbons (Fsp3) is 0.533. The van der Waals surface area contributed by atoms with Gasteiger partial charge in [-0.2, -0.15) is 0 Å². The van der Waals surface area contributed by atoms with Crippen molar-refractivity contribution < 1.29 is 9.53 Å². The molecule has 0 bridgehead atoms. The van der Waals surface area contributed by atoms with E-state index in [0.29, 0.717) is 23.0 Å². The van der Waals surface area contributed by atoms with Crippen LogP contribution in [0.4, 0.5) is 0 Å². The molecule has 1 aromatic carbocycles. The molecular weight excluding hydrogens is 297 g/mol. The summed E-state index contributed by atoms with van der Waals surface area (Å²) in [5.74, 6) is -0.160. The smallest absolute Gasteiger partial charge is 0.307 e. The second-order valence-corrected chi connectivity index (χ2v) is 5.91. The van der Waals surface area contributed by atoms with Gasteiger partial charge in [0.2, 0.25) is 0 Å². The van der Waals surface area contributed by atoms with E-state index >= 15 is 0 Å². The Morgan fingerprint density at radius 1 is 1.35 bits per heavy atom. The zero-order chi connectivity index (χ0) is 14.5. The number of halogens is 2. The molecule has 1 heterocycles. The van der Waals surface area contributed by atoms with Crippen LogP contribution in [0.25, 0.3) is 0 Å². The molecule has 1 fully saturated rings. The van der Waals surface area contributed by atoms with Crippen LogP contribution in [-0.2, 0) is 16.1 Å². The molecule has 1 atom stereocenters. The molecule has 1 unspecified atom stereocenters. The molecule has 0 amide bonds. The predicted molar refractivity (Wildman–Crippen MR) is 81.1 cm³/mol. The van der Waals surface area contributed by atoms with Gasteiger partial charge in [-0.25, -0.2) is 0 Å². The van der Waals surface area contributed by atoms with Crippen molar-refractivity contribution >= 4 is 29.2 Å². The maximum absolute atomic E-state index is 11.5. The highest BCUT2D eigenvalue weighted by Crippen LogP contribution is 2.29. The first-order valence-corrected chi connectivity index (χ1v) is 7.61. The number of nitrogens with zero attached hydrogens (tertiary/aromatic N) is 1. The fourth-order valence-electron chi connectivity index (χ4n) is 2.66. The molecule has 0 N–H and O–H groups in total. The third kappa shape index (κ3) is 3.87. The molecule has 1 aliphatic rings. The summed E-state index contributed by atoms with van der Waals surface area (Å²) in [5.41, 5.74) is 0.938. The van der Waals surface area contributed by atoms with Crippen molar-refractivity contribution in [3.8, 4) is 0 Å². The van der Waals surface area contributed by atoms with Crippen LogP contribution >= 0.6 is 23.2 Å². The summed E-state index contributed by atoms with van der Waals surface area (Å²) in [6, 6.07) is 5.75.